The molecule has 2 aromatic carbocycles. The monoisotopic (exact) mass is 783 g/mol. The zero-order valence-corrected chi connectivity index (χ0v) is 33.5. The van der Waals surface area contributed by atoms with Crippen molar-refractivity contribution >= 4 is 35.0 Å². The fourth-order valence-electron chi connectivity index (χ4n) is 6.24. The zero-order chi connectivity index (χ0) is 40.1. The van der Waals surface area contributed by atoms with Crippen LogP contribution in [0, 0.1) is 0 Å². The number of carboxylic acids is 1. The molecule has 3 amide bonds. The molecule has 0 spiro atoms. The summed E-state index contributed by atoms with van der Waals surface area (Å²) in [7, 11) is 0. The van der Waals surface area contributed by atoms with Crippen LogP contribution >= 0.6 is 11.3 Å². The molecule has 0 unspecified atom stereocenters. The van der Waals surface area contributed by atoms with Gasteiger partial charge in [0.1, 0.15) is 17.8 Å². The molecule has 1 saturated heterocycles. The van der Waals surface area contributed by atoms with Gasteiger partial charge in [0.05, 0.1) is 31.1 Å². The number of rotatable bonds is 18. The summed E-state index contributed by atoms with van der Waals surface area (Å²) in [6.45, 7) is 10.3. The van der Waals surface area contributed by atoms with E-state index in [1.807, 2.05) is 54.6 Å². The molecule has 5 rings (SSSR count). The number of aromatic nitrogens is 2. The number of thiophene rings is 1. The number of aliphatic carboxylic acids is 1. The number of unbranched alkanes of at least 4 members (excludes halogenated alkanes) is 4. The van der Waals surface area contributed by atoms with E-state index >= 15 is 0 Å². The summed E-state index contributed by atoms with van der Waals surface area (Å²) in [5.74, 6) is -1.48. The Morgan fingerprint density at radius 3 is 2.12 bits per heavy atom. The normalized spacial score (nSPS) is 14.1. The third-order valence-corrected chi connectivity index (χ3v) is 11.0. The number of ether oxygens (including phenoxy) is 2. The van der Waals surface area contributed by atoms with E-state index in [4.69, 9.17) is 9.47 Å². The van der Waals surface area contributed by atoms with Crippen LogP contribution in [0.4, 0.5) is 0 Å². The minimum absolute atomic E-state index is 0.0826. The average Bonchev–Trinajstić information content (AvgIpc) is 3.71. The SMILES string of the molecule is CCCCCCCOc1ccc(-c2cnc(-c3ccc(C[C@H](NC(=O)c4ccc(C(C)(C)C)s4)C(=O)N[C@@H](CC(=O)O)C(=O)N4CCOCC4)cc3)nc2)cc1. The molecule has 2 atom stereocenters. The lowest BCUT2D eigenvalue weighted by molar-refractivity contribution is -0.145. The van der Waals surface area contributed by atoms with Crippen LogP contribution in [-0.4, -0.2) is 88.7 Å². The third kappa shape index (κ3) is 12.2. The van der Waals surface area contributed by atoms with Crippen LogP contribution in [0.25, 0.3) is 22.5 Å². The van der Waals surface area contributed by atoms with Gasteiger partial charge in [-0.1, -0.05) is 89.8 Å². The number of carboxylic acid groups (broad SMARTS) is 1. The smallest absolute Gasteiger partial charge is 0.305 e. The van der Waals surface area contributed by atoms with Crippen LogP contribution < -0.4 is 15.4 Å². The largest absolute Gasteiger partial charge is 0.494 e. The second-order valence-electron chi connectivity index (χ2n) is 15.0. The summed E-state index contributed by atoms with van der Waals surface area (Å²) < 4.78 is 11.2. The predicted octanol–water partition coefficient (Wildman–Crippen LogP) is 6.68. The Hall–Kier alpha value is -5.14. The van der Waals surface area contributed by atoms with E-state index in [2.05, 4.69) is 48.3 Å². The number of morpholine rings is 1. The molecule has 3 N–H and O–H groups in total. The van der Waals surface area contributed by atoms with Gasteiger partial charge >= 0.3 is 5.97 Å². The van der Waals surface area contributed by atoms with E-state index in [0.717, 1.165) is 39.3 Å². The first-order chi connectivity index (χ1) is 26.9. The second kappa shape index (κ2) is 20.1. The standard InChI is InChI=1S/C43H53N5O7S/c1-5-6-7-8-9-22-55-33-16-14-30(15-17-33)32-27-44-39(45-28-32)31-12-10-29(11-13-31)25-34(46-41(52)36-18-19-37(56-36)43(2,3)4)40(51)47-35(26-38(49)50)42(53)48-20-23-54-24-21-48/h10-19,27-28,34-35H,5-9,20-26H2,1-4H3,(H,46,52)(H,47,51)(H,49,50)/t34-,35-/m0/s1. The second-order valence-corrected chi connectivity index (χ2v) is 16.1. The van der Waals surface area contributed by atoms with Crippen molar-refractivity contribution in [3.8, 4) is 28.3 Å². The maximum Gasteiger partial charge on any atom is 0.305 e. The zero-order valence-electron chi connectivity index (χ0n) is 32.7. The number of benzene rings is 2. The van der Waals surface area contributed by atoms with E-state index in [0.29, 0.717) is 43.6 Å². The van der Waals surface area contributed by atoms with Gasteiger partial charge in [-0.15, -0.1) is 11.3 Å². The molecule has 0 saturated carbocycles. The molecule has 3 heterocycles. The highest BCUT2D eigenvalue weighted by Crippen LogP contribution is 2.30. The number of carbonyl (C=O) groups is 4. The number of nitrogens with zero attached hydrogens (tertiary/aromatic N) is 3. The first-order valence-corrected chi connectivity index (χ1v) is 20.2. The van der Waals surface area contributed by atoms with Crippen LogP contribution in [0.1, 0.15) is 86.3 Å². The molecule has 13 heteroatoms. The van der Waals surface area contributed by atoms with Crippen LogP contribution in [0.15, 0.2) is 73.1 Å². The summed E-state index contributed by atoms with van der Waals surface area (Å²) in [5.41, 5.74) is 3.17. The molecule has 56 heavy (non-hydrogen) atoms. The molecule has 1 fully saturated rings. The Morgan fingerprint density at radius 2 is 1.50 bits per heavy atom. The topological polar surface area (TPSA) is 160 Å². The fraction of sp³-hybridized carbons (Fsp3) is 0.442. The number of nitrogens with one attached hydrogen (secondary N) is 2. The van der Waals surface area contributed by atoms with Crippen LogP contribution in [0.5, 0.6) is 5.75 Å². The van der Waals surface area contributed by atoms with E-state index in [-0.39, 0.29) is 11.8 Å². The van der Waals surface area contributed by atoms with Gasteiger partial charge in [0, 0.05) is 47.9 Å². The van der Waals surface area contributed by atoms with Crippen molar-refractivity contribution in [2.75, 3.05) is 32.9 Å². The van der Waals surface area contributed by atoms with Crippen LogP contribution in [0.2, 0.25) is 0 Å². The summed E-state index contributed by atoms with van der Waals surface area (Å²) in [6.07, 6.45) is 8.98. The maximum absolute atomic E-state index is 13.9. The van der Waals surface area contributed by atoms with Gasteiger partial charge in [-0.05, 0) is 47.2 Å². The van der Waals surface area contributed by atoms with Crippen molar-refractivity contribution in [2.45, 2.75) is 90.1 Å². The fourth-order valence-corrected chi connectivity index (χ4v) is 7.21. The van der Waals surface area contributed by atoms with E-state index < -0.39 is 42.2 Å². The minimum atomic E-state index is -1.31. The van der Waals surface area contributed by atoms with Gasteiger partial charge in [0.25, 0.3) is 5.91 Å². The van der Waals surface area contributed by atoms with Crippen molar-refractivity contribution in [2.24, 2.45) is 0 Å². The lowest BCUT2D eigenvalue weighted by Crippen LogP contribution is -2.56. The summed E-state index contributed by atoms with van der Waals surface area (Å²) in [4.78, 5) is 64.6. The molecule has 4 aromatic rings. The highest BCUT2D eigenvalue weighted by atomic mass is 32.1. The van der Waals surface area contributed by atoms with E-state index in [1.165, 1.54) is 41.9 Å². The maximum atomic E-state index is 13.9. The molecule has 1 aliphatic rings. The van der Waals surface area contributed by atoms with Crippen LogP contribution in [-0.2, 0) is 31.0 Å². The Kier molecular flexibility index (Phi) is 15.1. The number of carbonyl (C=O) groups excluding carboxylic acids is 3. The lowest BCUT2D eigenvalue weighted by Gasteiger charge is -2.31. The minimum Gasteiger partial charge on any atom is -0.494 e. The van der Waals surface area contributed by atoms with Crippen molar-refractivity contribution in [3.05, 3.63) is 88.4 Å². The van der Waals surface area contributed by atoms with Crippen molar-refractivity contribution < 1.29 is 33.8 Å². The Bertz CT molecular complexity index is 1900. The van der Waals surface area contributed by atoms with Gasteiger partial charge < -0.3 is 30.1 Å². The van der Waals surface area contributed by atoms with Gasteiger partial charge in [-0.25, -0.2) is 9.97 Å². The molecule has 0 radical (unpaired) electrons. The molecule has 298 valence electrons. The number of amides is 3. The van der Waals surface area contributed by atoms with Gasteiger partial charge in [0.15, 0.2) is 5.82 Å². The number of hydrogen-bond donors (Lipinski definition) is 3. The van der Waals surface area contributed by atoms with Crippen molar-refractivity contribution in [1.29, 1.82) is 0 Å². The van der Waals surface area contributed by atoms with Gasteiger partial charge in [-0.3, -0.25) is 19.2 Å². The molecule has 0 bridgehead atoms. The predicted molar refractivity (Wildman–Crippen MR) is 217 cm³/mol. The molecule has 0 aliphatic carbocycles. The lowest BCUT2D eigenvalue weighted by atomic mass is 9.95. The highest BCUT2D eigenvalue weighted by molar-refractivity contribution is 7.14. The molecule has 1 aliphatic heterocycles. The average molecular weight is 784 g/mol. The summed E-state index contributed by atoms with van der Waals surface area (Å²) >= 11 is 1.35. The van der Waals surface area contributed by atoms with Crippen LogP contribution in [0.3, 0.4) is 0 Å². The number of hydrogen-bond acceptors (Lipinski definition) is 9. The van der Waals surface area contributed by atoms with Gasteiger partial charge in [0.2, 0.25) is 11.8 Å². The molecule has 12 nitrogen and oxygen atoms in total. The quantitative estimate of drug-likeness (QED) is 0.0936. The molecule has 2 aromatic heterocycles. The summed E-state index contributed by atoms with van der Waals surface area (Å²) in [5, 5.41) is 15.1. The Morgan fingerprint density at radius 1 is 0.839 bits per heavy atom. The molecular formula is C43H53N5O7S. The van der Waals surface area contributed by atoms with E-state index in [1.54, 1.807) is 18.5 Å². The highest BCUT2D eigenvalue weighted by Gasteiger charge is 2.32. The molecular weight excluding hydrogens is 731 g/mol. The van der Waals surface area contributed by atoms with Gasteiger partial charge in [-0.2, -0.15) is 0 Å². The first kappa shape index (κ1) is 42.0. The third-order valence-electron chi connectivity index (χ3n) is 9.51. The first-order valence-electron chi connectivity index (χ1n) is 19.4. The van der Waals surface area contributed by atoms with Crippen molar-refractivity contribution in [1.82, 2.24) is 25.5 Å². The summed E-state index contributed by atoms with van der Waals surface area (Å²) in [6, 6.07) is 16.5. The van der Waals surface area contributed by atoms with E-state index in [9.17, 15) is 24.3 Å². The van der Waals surface area contributed by atoms with Crippen molar-refractivity contribution in [3.63, 3.8) is 0 Å². The Balaban J connectivity index is 1.27. The Labute approximate surface area is 333 Å².